The molecule has 1 unspecified atom stereocenters. The predicted molar refractivity (Wildman–Crippen MR) is 104 cm³/mol. The van der Waals surface area contributed by atoms with Crippen LogP contribution in [0, 0.1) is 0 Å². The van der Waals surface area contributed by atoms with E-state index >= 15 is 0 Å². The van der Waals surface area contributed by atoms with Crippen molar-refractivity contribution in [3.05, 3.63) is 0 Å². The van der Waals surface area contributed by atoms with Gasteiger partial charge in [-0.15, -0.1) is 24.0 Å². The Labute approximate surface area is 148 Å². The van der Waals surface area contributed by atoms with E-state index in [2.05, 4.69) is 48.3 Å². The molecule has 126 valence electrons. The fourth-order valence-corrected chi connectivity index (χ4v) is 2.68. The quantitative estimate of drug-likeness (QED) is 0.385. The first kappa shape index (κ1) is 21.0. The second-order valence-electron chi connectivity index (χ2n) is 5.99. The molecule has 1 aliphatic rings. The van der Waals surface area contributed by atoms with Gasteiger partial charge in [-0.2, -0.15) is 0 Å². The number of likely N-dealkylation sites (N-methyl/N-ethyl adjacent to an activating group) is 1. The first-order valence-corrected chi connectivity index (χ1v) is 8.42. The first-order valence-electron chi connectivity index (χ1n) is 8.42. The van der Waals surface area contributed by atoms with Crippen LogP contribution in [0.25, 0.3) is 0 Å². The van der Waals surface area contributed by atoms with Crippen LogP contribution < -0.4 is 10.6 Å². The van der Waals surface area contributed by atoms with Crippen LogP contribution in [0.5, 0.6) is 0 Å². The first-order chi connectivity index (χ1) is 9.67. The minimum atomic E-state index is 0. The van der Waals surface area contributed by atoms with Crippen molar-refractivity contribution in [3.63, 3.8) is 0 Å². The van der Waals surface area contributed by atoms with E-state index in [1.54, 1.807) is 0 Å². The standard InChI is InChI=1S/C16H34N4.HI/c1-5-14(3)19-16(17-6-2)18-12-13-20(4)15-10-8-7-9-11-15;/h14-15H,5-13H2,1-4H3,(H2,17,18,19);1H. The molecule has 0 aromatic rings. The molecule has 0 radical (unpaired) electrons. The molecule has 1 aliphatic carbocycles. The van der Waals surface area contributed by atoms with Gasteiger partial charge in [0.05, 0.1) is 6.54 Å². The van der Waals surface area contributed by atoms with Gasteiger partial charge in [0, 0.05) is 25.2 Å². The lowest BCUT2D eigenvalue weighted by atomic mass is 9.94. The minimum absolute atomic E-state index is 0. The molecule has 0 bridgehead atoms. The number of nitrogens with one attached hydrogen (secondary N) is 2. The van der Waals surface area contributed by atoms with Crippen molar-refractivity contribution >= 4 is 29.9 Å². The van der Waals surface area contributed by atoms with Crippen LogP contribution >= 0.6 is 24.0 Å². The van der Waals surface area contributed by atoms with E-state index in [-0.39, 0.29) is 24.0 Å². The zero-order chi connectivity index (χ0) is 14.8. The molecule has 0 aliphatic heterocycles. The second kappa shape index (κ2) is 12.5. The highest BCUT2D eigenvalue weighted by molar-refractivity contribution is 14.0. The number of aliphatic imine (C=N–C) groups is 1. The van der Waals surface area contributed by atoms with Crippen LogP contribution in [0.3, 0.4) is 0 Å². The van der Waals surface area contributed by atoms with Crippen LogP contribution in [-0.4, -0.2) is 49.6 Å². The Morgan fingerprint density at radius 3 is 2.48 bits per heavy atom. The second-order valence-corrected chi connectivity index (χ2v) is 5.99. The minimum Gasteiger partial charge on any atom is -0.357 e. The number of hydrogen-bond donors (Lipinski definition) is 2. The Morgan fingerprint density at radius 1 is 1.24 bits per heavy atom. The molecule has 1 rings (SSSR count). The van der Waals surface area contributed by atoms with Gasteiger partial charge in [-0.25, -0.2) is 0 Å². The maximum Gasteiger partial charge on any atom is 0.191 e. The van der Waals surface area contributed by atoms with E-state index < -0.39 is 0 Å². The summed E-state index contributed by atoms with van der Waals surface area (Å²) in [5, 5.41) is 6.76. The Bertz CT molecular complexity index is 277. The van der Waals surface area contributed by atoms with Gasteiger partial charge in [0.1, 0.15) is 0 Å². The summed E-state index contributed by atoms with van der Waals surface area (Å²) < 4.78 is 0. The SMILES string of the molecule is CCNC(=NCCN(C)C1CCCCC1)NC(C)CC.I. The molecule has 0 saturated heterocycles. The third-order valence-electron chi connectivity index (χ3n) is 4.26. The third kappa shape index (κ3) is 8.86. The van der Waals surface area contributed by atoms with Gasteiger partial charge in [-0.3, -0.25) is 4.99 Å². The fourth-order valence-electron chi connectivity index (χ4n) is 2.68. The molecule has 0 amide bonds. The van der Waals surface area contributed by atoms with E-state index in [0.29, 0.717) is 6.04 Å². The average Bonchev–Trinajstić information content (AvgIpc) is 2.48. The summed E-state index contributed by atoms with van der Waals surface area (Å²) in [5.74, 6) is 0.957. The van der Waals surface area contributed by atoms with Gasteiger partial charge >= 0.3 is 0 Å². The molecule has 0 spiro atoms. The molecule has 1 atom stereocenters. The van der Waals surface area contributed by atoms with Gasteiger partial charge < -0.3 is 15.5 Å². The van der Waals surface area contributed by atoms with Crippen LogP contribution in [0.1, 0.15) is 59.3 Å². The lowest BCUT2D eigenvalue weighted by Gasteiger charge is -2.30. The summed E-state index contributed by atoms with van der Waals surface area (Å²) in [7, 11) is 2.25. The Hall–Kier alpha value is -0.0400. The van der Waals surface area contributed by atoms with Crippen molar-refractivity contribution in [2.45, 2.75) is 71.4 Å². The number of halogens is 1. The van der Waals surface area contributed by atoms with E-state index in [9.17, 15) is 0 Å². The normalized spacial score (nSPS) is 18.2. The van der Waals surface area contributed by atoms with Crippen LogP contribution in [0.15, 0.2) is 4.99 Å². The summed E-state index contributed by atoms with van der Waals surface area (Å²) in [5.41, 5.74) is 0. The number of nitrogens with zero attached hydrogens (tertiary/aromatic N) is 2. The third-order valence-corrected chi connectivity index (χ3v) is 4.26. The van der Waals surface area contributed by atoms with Crippen molar-refractivity contribution in [1.29, 1.82) is 0 Å². The zero-order valence-corrected chi connectivity index (χ0v) is 16.7. The van der Waals surface area contributed by atoms with E-state index in [1.807, 2.05) is 0 Å². The fraction of sp³-hybridized carbons (Fsp3) is 0.938. The smallest absolute Gasteiger partial charge is 0.191 e. The Kier molecular flexibility index (Phi) is 12.5. The van der Waals surface area contributed by atoms with Gasteiger partial charge in [-0.1, -0.05) is 26.2 Å². The summed E-state index contributed by atoms with van der Waals surface area (Å²) in [6.45, 7) is 9.35. The zero-order valence-electron chi connectivity index (χ0n) is 14.3. The van der Waals surface area contributed by atoms with Gasteiger partial charge in [0.2, 0.25) is 0 Å². The van der Waals surface area contributed by atoms with Crippen LogP contribution in [0.2, 0.25) is 0 Å². The van der Waals surface area contributed by atoms with Gasteiger partial charge in [0.25, 0.3) is 0 Å². The molecule has 21 heavy (non-hydrogen) atoms. The number of guanidine groups is 1. The topological polar surface area (TPSA) is 39.7 Å². The molecule has 0 aromatic heterocycles. The maximum atomic E-state index is 4.69. The molecule has 4 nitrogen and oxygen atoms in total. The Morgan fingerprint density at radius 2 is 1.90 bits per heavy atom. The summed E-state index contributed by atoms with van der Waals surface area (Å²) in [4.78, 5) is 7.18. The lowest BCUT2D eigenvalue weighted by Crippen LogP contribution is -2.42. The monoisotopic (exact) mass is 410 g/mol. The van der Waals surface area contributed by atoms with Crippen LogP contribution in [-0.2, 0) is 0 Å². The summed E-state index contributed by atoms with van der Waals surface area (Å²) >= 11 is 0. The highest BCUT2D eigenvalue weighted by Gasteiger charge is 2.17. The van der Waals surface area contributed by atoms with E-state index in [1.165, 1.54) is 32.1 Å². The van der Waals surface area contributed by atoms with Crippen molar-refractivity contribution < 1.29 is 0 Å². The summed E-state index contributed by atoms with van der Waals surface area (Å²) in [6, 6.07) is 1.26. The molecule has 1 saturated carbocycles. The van der Waals surface area contributed by atoms with Gasteiger partial charge in [0.15, 0.2) is 5.96 Å². The number of hydrogen-bond acceptors (Lipinski definition) is 2. The lowest BCUT2D eigenvalue weighted by molar-refractivity contribution is 0.196. The molecule has 0 heterocycles. The molecular formula is C16H35IN4. The largest absolute Gasteiger partial charge is 0.357 e. The van der Waals surface area contributed by atoms with Crippen molar-refractivity contribution in [2.24, 2.45) is 4.99 Å². The maximum absolute atomic E-state index is 4.69. The predicted octanol–water partition coefficient (Wildman–Crippen LogP) is 3.22. The van der Waals surface area contributed by atoms with E-state index in [4.69, 9.17) is 0 Å². The highest BCUT2D eigenvalue weighted by Crippen LogP contribution is 2.21. The van der Waals surface area contributed by atoms with Crippen molar-refractivity contribution in [1.82, 2.24) is 15.5 Å². The molecule has 1 fully saturated rings. The molecule has 0 aromatic carbocycles. The number of rotatable bonds is 7. The molecule has 2 N–H and O–H groups in total. The molecular weight excluding hydrogens is 375 g/mol. The van der Waals surface area contributed by atoms with Crippen molar-refractivity contribution in [3.8, 4) is 0 Å². The van der Waals surface area contributed by atoms with Crippen LogP contribution in [0.4, 0.5) is 0 Å². The highest BCUT2D eigenvalue weighted by atomic mass is 127. The van der Waals surface area contributed by atoms with E-state index in [0.717, 1.165) is 38.1 Å². The van der Waals surface area contributed by atoms with Crippen molar-refractivity contribution in [2.75, 3.05) is 26.7 Å². The summed E-state index contributed by atoms with van der Waals surface area (Å²) in [6.07, 6.45) is 8.07. The molecule has 5 heteroatoms. The van der Waals surface area contributed by atoms with Gasteiger partial charge in [-0.05, 0) is 40.2 Å². The Balaban J connectivity index is 0.00000400. The average molecular weight is 410 g/mol.